The molecule has 0 aromatic heterocycles. The van der Waals surface area contributed by atoms with E-state index < -0.39 is 6.04 Å². The lowest BCUT2D eigenvalue weighted by Crippen LogP contribution is -2.43. The van der Waals surface area contributed by atoms with E-state index in [2.05, 4.69) is 0 Å². The van der Waals surface area contributed by atoms with Gasteiger partial charge in [-0.2, -0.15) is 11.8 Å². The fourth-order valence-corrected chi connectivity index (χ4v) is 2.30. The average molecular weight is 317 g/mol. The van der Waals surface area contributed by atoms with Gasteiger partial charge in [-0.15, -0.1) is 0 Å². The molecule has 4 nitrogen and oxygen atoms in total. The smallest absolute Gasteiger partial charge is 0.239 e. The number of para-hydroxylation sites is 1. The molecule has 0 heterocycles. The molecule has 0 bridgehead atoms. The van der Waals surface area contributed by atoms with E-state index in [9.17, 15) is 4.79 Å². The topological polar surface area (TPSA) is 55.6 Å². The van der Waals surface area contributed by atoms with Crippen molar-refractivity contribution < 1.29 is 9.53 Å². The molecule has 20 heavy (non-hydrogen) atoms. The first-order valence-corrected chi connectivity index (χ1v) is 8.20. The van der Waals surface area contributed by atoms with E-state index in [4.69, 9.17) is 22.1 Å². The van der Waals surface area contributed by atoms with E-state index in [0.717, 1.165) is 5.75 Å². The lowest BCUT2D eigenvalue weighted by atomic mass is 10.2. The number of hydrogen-bond acceptors (Lipinski definition) is 4. The molecule has 0 radical (unpaired) electrons. The Morgan fingerprint density at radius 2 is 2.20 bits per heavy atom. The number of benzene rings is 1. The van der Waals surface area contributed by atoms with Crippen LogP contribution in [0.5, 0.6) is 5.75 Å². The van der Waals surface area contributed by atoms with Gasteiger partial charge in [-0.1, -0.05) is 23.7 Å². The fourth-order valence-electron chi connectivity index (χ4n) is 1.62. The van der Waals surface area contributed by atoms with E-state index >= 15 is 0 Å². The first-order chi connectivity index (χ1) is 9.56. The number of nitrogens with two attached hydrogens (primary N) is 1. The van der Waals surface area contributed by atoms with Crippen LogP contribution in [0.3, 0.4) is 0 Å². The molecule has 0 aliphatic heterocycles. The largest absolute Gasteiger partial charge is 0.490 e. The van der Waals surface area contributed by atoms with Gasteiger partial charge in [0.25, 0.3) is 0 Å². The second-order valence-corrected chi connectivity index (χ2v) is 5.82. The van der Waals surface area contributed by atoms with Crippen LogP contribution in [-0.4, -0.2) is 49.1 Å². The minimum atomic E-state index is -0.437. The summed E-state index contributed by atoms with van der Waals surface area (Å²) in [4.78, 5) is 13.6. The number of likely N-dealkylation sites (N-methyl/N-ethyl adjacent to an activating group) is 1. The summed E-state index contributed by atoms with van der Waals surface area (Å²) >= 11 is 7.67. The van der Waals surface area contributed by atoms with Gasteiger partial charge >= 0.3 is 0 Å². The molecule has 0 aliphatic carbocycles. The van der Waals surface area contributed by atoms with Crippen LogP contribution < -0.4 is 10.5 Å². The Bertz CT molecular complexity index is 431. The van der Waals surface area contributed by atoms with Crippen LogP contribution in [-0.2, 0) is 4.79 Å². The highest BCUT2D eigenvalue weighted by Crippen LogP contribution is 2.22. The van der Waals surface area contributed by atoms with Crippen LogP contribution in [0.1, 0.15) is 6.42 Å². The van der Waals surface area contributed by atoms with Gasteiger partial charge in [0.1, 0.15) is 12.4 Å². The van der Waals surface area contributed by atoms with E-state index in [0.29, 0.717) is 30.3 Å². The number of carbonyl (C=O) groups excluding carboxylic acids is 1. The third kappa shape index (κ3) is 5.61. The zero-order chi connectivity index (χ0) is 15.0. The van der Waals surface area contributed by atoms with Gasteiger partial charge in [0.2, 0.25) is 5.91 Å². The molecule has 112 valence electrons. The Morgan fingerprint density at radius 3 is 2.85 bits per heavy atom. The van der Waals surface area contributed by atoms with Crippen LogP contribution in [0.25, 0.3) is 0 Å². The Labute approximate surface area is 129 Å². The van der Waals surface area contributed by atoms with Gasteiger partial charge < -0.3 is 15.4 Å². The SMILES string of the molecule is CSCC[C@H](N)C(=O)N(C)CCOc1ccccc1Cl. The zero-order valence-corrected chi connectivity index (χ0v) is 13.4. The highest BCUT2D eigenvalue weighted by Gasteiger charge is 2.17. The molecule has 0 unspecified atom stereocenters. The van der Waals surface area contributed by atoms with Gasteiger partial charge in [0.15, 0.2) is 0 Å². The van der Waals surface area contributed by atoms with Gasteiger partial charge in [-0.3, -0.25) is 4.79 Å². The molecule has 0 saturated carbocycles. The monoisotopic (exact) mass is 316 g/mol. The fraction of sp³-hybridized carbons (Fsp3) is 0.500. The van der Waals surface area contributed by atoms with Crippen LogP contribution in [0.15, 0.2) is 24.3 Å². The zero-order valence-electron chi connectivity index (χ0n) is 11.8. The van der Waals surface area contributed by atoms with E-state index in [1.54, 1.807) is 35.8 Å². The van der Waals surface area contributed by atoms with Crippen molar-refractivity contribution in [3.8, 4) is 5.75 Å². The maximum atomic E-state index is 12.0. The summed E-state index contributed by atoms with van der Waals surface area (Å²) in [6.07, 6.45) is 2.69. The van der Waals surface area contributed by atoms with Crippen molar-refractivity contribution in [2.45, 2.75) is 12.5 Å². The summed E-state index contributed by atoms with van der Waals surface area (Å²) in [6, 6.07) is 6.83. The number of carbonyl (C=O) groups is 1. The summed E-state index contributed by atoms with van der Waals surface area (Å²) < 4.78 is 5.55. The van der Waals surface area contributed by atoms with E-state index in [1.807, 2.05) is 18.4 Å². The number of halogens is 1. The second-order valence-electron chi connectivity index (χ2n) is 4.43. The predicted octanol–water partition coefficient (Wildman–Crippen LogP) is 2.26. The Morgan fingerprint density at radius 1 is 1.50 bits per heavy atom. The third-order valence-corrected chi connectivity index (χ3v) is 3.80. The Balaban J connectivity index is 2.34. The molecule has 1 rings (SSSR count). The van der Waals surface area contributed by atoms with Gasteiger partial charge in [0, 0.05) is 7.05 Å². The summed E-state index contributed by atoms with van der Waals surface area (Å²) in [5.41, 5.74) is 5.84. The van der Waals surface area contributed by atoms with Crippen LogP contribution >= 0.6 is 23.4 Å². The van der Waals surface area contributed by atoms with E-state index in [-0.39, 0.29) is 5.91 Å². The quantitative estimate of drug-likeness (QED) is 0.799. The molecule has 0 spiro atoms. The van der Waals surface area contributed by atoms with Crippen molar-refractivity contribution in [1.29, 1.82) is 0 Å². The van der Waals surface area contributed by atoms with Crippen molar-refractivity contribution >= 4 is 29.3 Å². The molecule has 2 N–H and O–H groups in total. The van der Waals surface area contributed by atoms with Crippen LogP contribution in [0.2, 0.25) is 5.02 Å². The molecular formula is C14H21ClN2O2S. The summed E-state index contributed by atoms with van der Waals surface area (Å²) in [6.45, 7) is 0.873. The summed E-state index contributed by atoms with van der Waals surface area (Å²) in [5, 5.41) is 0.568. The van der Waals surface area contributed by atoms with Gasteiger partial charge in [-0.05, 0) is 30.6 Å². The van der Waals surface area contributed by atoms with Crippen molar-refractivity contribution in [1.82, 2.24) is 4.90 Å². The molecule has 0 saturated heterocycles. The van der Waals surface area contributed by atoms with Crippen molar-refractivity contribution in [2.75, 3.05) is 32.2 Å². The average Bonchev–Trinajstić information content (AvgIpc) is 2.45. The third-order valence-electron chi connectivity index (χ3n) is 2.85. The first kappa shape index (κ1) is 17.1. The molecule has 1 aromatic carbocycles. The number of amides is 1. The standard InChI is InChI=1S/C14H21ClN2O2S/c1-17(14(18)12(16)7-10-20-2)8-9-19-13-6-4-3-5-11(13)15/h3-6,12H,7-10,16H2,1-2H3/t12-/m0/s1. The first-order valence-electron chi connectivity index (χ1n) is 6.43. The number of ether oxygens (including phenoxy) is 1. The van der Waals surface area contributed by atoms with Crippen molar-refractivity contribution in [3.63, 3.8) is 0 Å². The van der Waals surface area contributed by atoms with Crippen LogP contribution in [0, 0.1) is 0 Å². The highest BCUT2D eigenvalue weighted by atomic mass is 35.5. The van der Waals surface area contributed by atoms with Crippen LogP contribution in [0.4, 0.5) is 0 Å². The molecule has 1 aromatic rings. The molecule has 6 heteroatoms. The Hall–Kier alpha value is -0.910. The molecule has 1 atom stereocenters. The summed E-state index contributed by atoms with van der Waals surface area (Å²) in [7, 11) is 1.73. The highest BCUT2D eigenvalue weighted by molar-refractivity contribution is 7.98. The lowest BCUT2D eigenvalue weighted by molar-refractivity contribution is -0.131. The number of rotatable bonds is 8. The van der Waals surface area contributed by atoms with Gasteiger partial charge in [-0.25, -0.2) is 0 Å². The molecule has 1 amide bonds. The maximum Gasteiger partial charge on any atom is 0.239 e. The van der Waals surface area contributed by atoms with Gasteiger partial charge in [0.05, 0.1) is 17.6 Å². The summed E-state index contributed by atoms with van der Waals surface area (Å²) in [5.74, 6) is 1.46. The van der Waals surface area contributed by atoms with Crippen molar-refractivity contribution in [2.24, 2.45) is 5.73 Å². The maximum absolute atomic E-state index is 12.0. The number of nitrogens with zero attached hydrogens (tertiary/aromatic N) is 1. The Kier molecular flexibility index (Phi) is 7.80. The minimum absolute atomic E-state index is 0.0539. The predicted molar refractivity (Wildman–Crippen MR) is 85.6 cm³/mol. The number of hydrogen-bond donors (Lipinski definition) is 1. The lowest BCUT2D eigenvalue weighted by Gasteiger charge is -2.21. The molecule has 0 aliphatic rings. The minimum Gasteiger partial charge on any atom is -0.490 e. The molecular weight excluding hydrogens is 296 g/mol. The normalized spacial score (nSPS) is 12.0. The van der Waals surface area contributed by atoms with E-state index in [1.165, 1.54) is 0 Å². The second kappa shape index (κ2) is 9.10. The number of thioether (sulfide) groups is 1. The van der Waals surface area contributed by atoms with Crippen molar-refractivity contribution in [3.05, 3.63) is 29.3 Å². The molecule has 0 fully saturated rings.